The third kappa shape index (κ3) is 5.19. The Kier molecular flexibility index (Phi) is 5.48. The molecule has 0 fully saturated rings. The molecule has 1 nitrogen and oxygen atoms in total. The second-order valence-electron chi connectivity index (χ2n) is 4.14. The van der Waals surface area contributed by atoms with Crippen LogP contribution in [0.1, 0.15) is 20.8 Å². The first kappa shape index (κ1) is 12.5. The van der Waals surface area contributed by atoms with Crippen molar-refractivity contribution in [1.82, 2.24) is 0 Å². The second kappa shape index (κ2) is 5.27. The van der Waals surface area contributed by atoms with Gasteiger partial charge in [0.2, 0.25) is 9.04 Å². The Morgan fingerprint density at radius 3 is 2.17 bits per heavy atom. The zero-order valence-electron chi connectivity index (χ0n) is 8.65. The summed E-state index contributed by atoms with van der Waals surface area (Å²) in [5.74, 6) is 1.17. The van der Waals surface area contributed by atoms with Crippen molar-refractivity contribution >= 4 is 31.6 Å². The molecular formula is C9H19IOSi. The van der Waals surface area contributed by atoms with E-state index in [1.165, 1.54) is 5.76 Å². The lowest BCUT2D eigenvalue weighted by Crippen LogP contribution is -2.18. The molecule has 0 rings (SSSR count). The van der Waals surface area contributed by atoms with E-state index in [1.54, 1.807) is 0 Å². The summed E-state index contributed by atoms with van der Waals surface area (Å²) < 4.78 is 6.88. The van der Waals surface area contributed by atoms with Crippen LogP contribution in [0.5, 0.6) is 0 Å². The van der Waals surface area contributed by atoms with Crippen molar-refractivity contribution in [2.24, 2.45) is 5.41 Å². The fourth-order valence-electron chi connectivity index (χ4n) is 0.855. The van der Waals surface area contributed by atoms with Crippen molar-refractivity contribution in [3.8, 4) is 0 Å². The van der Waals surface area contributed by atoms with Crippen molar-refractivity contribution in [3.05, 3.63) is 11.8 Å². The zero-order valence-corrected chi connectivity index (χ0v) is 12.0. The van der Waals surface area contributed by atoms with E-state index < -0.39 is 9.04 Å². The Bertz CT molecular complexity index is 158. The summed E-state index contributed by atoms with van der Waals surface area (Å²) in [4.78, 5) is 0. The molecule has 0 radical (unpaired) electrons. The molecule has 0 heterocycles. The van der Waals surface area contributed by atoms with Crippen LogP contribution < -0.4 is 0 Å². The Morgan fingerprint density at radius 2 is 1.92 bits per heavy atom. The van der Waals surface area contributed by atoms with E-state index in [0.29, 0.717) is 0 Å². The Labute approximate surface area is 91.4 Å². The standard InChI is InChI=1S/C9H19IOSi/c1-9(2,3)8(6-7-10)11-12(4)5/h6,12H,7H2,1-5H3. The fraction of sp³-hybridized carbons (Fsp3) is 0.778. The number of halogens is 1. The molecule has 0 saturated heterocycles. The highest BCUT2D eigenvalue weighted by Gasteiger charge is 2.18. The van der Waals surface area contributed by atoms with Crippen LogP contribution >= 0.6 is 22.6 Å². The van der Waals surface area contributed by atoms with Gasteiger partial charge in [-0.2, -0.15) is 0 Å². The summed E-state index contributed by atoms with van der Waals surface area (Å²) in [5.41, 5.74) is 0.169. The molecule has 3 heteroatoms. The monoisotopic (exact) mass is 298 g/mol. The molecule has 0 saturated carbocycles. The lowest BCUT2D eigenvalue weighted by Gasteiger charge is -2.25. The van der Waals surface area contributed by atoms with Gasteiger partial charge in [0, 0.05) is 9.84 Å². The first-order valence-corrected chi connectivity index (χ1v) is 8.62. The summed E-state index contributed by atoms with van der Waals surface area (Å²) in [6, 6.07) is 0. The topological polar surface area (TPSA) is 9.23 Å². The third-order valence-corrected chi connectivity index (χ3v) is 2.53. The highest BCUT2D eigenvalue weighted by atomic mass is 127. The Hall–Kier alpha value is 0.487. The second-order valence-corrected chi connectivity index (χ2v) is 7.35. The van der Waals surface area contributed by atoms with Crippen molar-refractivity contribution in [2.45, 2.75) is 33.9 Å². The number of rotatable bonds is 3. The maximum Gasteiger partial charge on any atom is 0.229 e. The van der Waals surface area contributed by atoms with Crippen LogP contribution in [0, 0.1) is 5.41 Å². The molecule has 0 aliphatic rings. The van der Waals surface area contributed by atoms with Gasteiger partial charge < -0.3 is 4.43 Å². The molecule has 72 valence electrons. The van der Waals surface area contributed by atoms with Crippen LogP contribution in [-0.4, -0.2) is 13.5 Å². The number of allylic oxidation sites excluding steroid dienone is 2. The summed E-state index contributed by atoms with van der Waals surface area (Å²) in [6.07, 6.45) is 2.19. The number of hydrogen-bond acceptors (Lipinski definition) is 1. The smallest absolute Gasteiger partial charge is 0.229 e. The number of alkyl halides is 1. The Balaban J connectivity index is 4.35. The zero-order chi connectivity index (χ0) is 9.78. The molecule has 0 atom stereocenters. The van der Waals surface area contributed by atoms with Gasteiger partial charge in [-0.05, 0) is 19.2 Å². The van der Waals surface area contributed by atoms with Crippen LogP contribution in [-0.2, 0) is 4.43 Å². The number of hydrogen-bond donors (Lipinski definition) is 0. The van der Waals surface area contributed by atoms with Crippen LogP contribution in [0.3, 0.4) is 0 Å². The minimum atomic E-state index is -0.931. The average Bonchev–Trinajstić information content (AvgIpc) is 1.83. The van der Waals surface area contributed by atoms with Crippen LogP contribution in [0.2, 0.25) is 13.1 Å². The van der Waals surface area contributed by atoms with Crippen molar-refractivity contribution in [1.29, 1.82) is 0 Å². The lowest BCUT2D eigenvalue weighted by molar-refractivity contribution is 0.298. The Morgan fingerprint density at radius 1 is 1.42 bits per heavy atom. The molecule has 0 amide bonds. The molecule has 0 aromatic heterocycles. The van der Waals surface area contributed by atoms with Crippen molar-refractivity contribution in [3.63, 3.8) is 0 Å². The van der Waals surface area contributed by atoms with Crippen LogP contribution in [0.4, 0.5) is 0 Å². The third-order valence-electron chi connectivity index (χ3n) is 1.36. The van der Waals surface area contributed by atoms with E-state index in [2.05, 4.69) is 62.5 Å². The molecule has 0 aliphatic heterocycles. The van der Waals surface area contributed by atoms with Gasteiger partial charge in [-0.15, -0.1) is 0 Å². The molecule has 0 aromatic rings. The van der Waals surface area contributed by atoms with Gasteiger partial charge in [0.05, 0.1) is 5.76 Å². The minimum Gasteiger partial charge on any atom is -0.550 e. The maximum absolute atomic E-state index is 5.85. The SMILES string of the molecule is C[SiH](C)OC(=CCI)C(C)(C)C. The molecular weight excluding hydrogens is 279 g/mol. The predicted octanol–water partition coefficient (Wildman–Crippen LogP) is 3.35. The van der Waals surface area contributed by atoms with Gasteiger partial charge in [-0.3, -0.25) is 0 Å². The molecule has 0 aliphatic carbocycles. The van der Waals surface area contributed by atoms with Gasteiger partial charge >= 0.3 is 0 Å². The van der Waals surface area contributed by atoms with Gasteiger partial charge in [-0.25, -0.2) is 0 Å². The van der Waals surface area contributed by atoms with E-state index >= 15 is 0 Å². The van der Waals surface area contributed by atoms with E-state index in [1.807, 2.05) is 0 Å². The summed E-state index contributed by atoms with van der Waals surface area (Å²) >= 11 is 2.35. The highest BCUT2D eigenvalue weighted by molar-refractivity contribution is 14.1. The summed E-state index contributed by atoms with van der Waals surface area (Å²) in [7, 11) is -0.931. The van der Waals surface area contributed by atoms with Gasteiger partial charge in [0.1, 0.15) is 0 Å². The first-order valence-electron chi connectivity index (χ1n) is 4.31. The fourth-order valence-corrected chi connectivity index (χ4v) is 2.21. The normalized spacial score (nSPS) is 13.8. The quantitative estimate of drug-likeness (QED) is 0.336. The van der Waals surface area contributed by atoms with Crippen LogP contribution in [0.25, 0.3) is 0 Å². The first-order chi connectivity index (χ1) is 5.38. The highest BCUT2D eigenvalue weighted by Crippen LogP contribution is 2.26. The molecule has 0 spiro atoms. The molecule has 0 aromatic carbocycles. The van der Waals surface area contributed by atoms with Gasteiger partial charge in [0.15, 0.2) is 0 Å². The van der Waals surface area contributed by atoms with Gasteiger partial charge in [-0.1, -0.05) is 43.4 Å². The van der Waals surface area contributed by atoms with E-state index in [0.717, 1.165) is 4.43 Å². The molecule has 12 heavy (non-hydrogen) atoms. The summed E-state index contributed by atoms with van der Waals surface area (Å²) in [5, 5.41) is 0. The minimum absolute atomic E-state index is 0.169. The van der Waals surface area contributed by atoms with Crippen molar-refractivity contribution in [2.75, 3.05) is 4.43 Å². The maximum atomic E-state index is 5.85. The largest absolute Gasteiger partial charge is 0.550 e. The lowest BCUT2D eigenvalue weighted by atomic mass is 9.94. The van der Waals surface area contributed by atoms with Gasteiger partial charge in [0.25, 0.3) is 0 Å². The molecule has 0 N–H and O–H groups in total. The van der Waals surface area contributed by atoms with E-state index in [-0.39, 0.29) is 5.41 Å². The van der Waals surface area contributed by atoms with E-state index in [9.17, 15) is 0 Å². The summed E-state index contributed by atoms with van der Waals surface area (Å²) in [6.45, 7) is 11.0. The molecule has 0 unspecified atom stereocenters. The van der Waals surface area contributed by atoms with Crippen LogP contribution in [0.15, 0.2) is 11.8 Å². The van der Waals surface area contributed by atoms with Crippen molar-refractivity contribution < 1.29 is 4.43 Å². The predicted molar refractivity (Wildman–Crippen MR) is 66.4 cm³/mol. The molecule has 0 bridgehead atoms. The van der Waals surface area contributed by atoms with E-state index in [4.69, 9.17) is 4.43 Å². The average molecular weight is 298 g/mol.